The second-order valence-electron chi connectivity index (χ2n) is 5.43. The molecule has 4 nitrogen and oxygen atoms in total. The van der Waals surface area contributed by atoms with E-state index in [4.69, 9.17) is 0 Å². The molecule has 3 aromatic rings. The Morgan fingerprint density at radius 1 is 1.04 bits per heavy atom. The highest BCUT2D eigenvalue weighted by atomic mass is 19.1. The number of H-pyrrole nitrogens is 1. The molecule has 0 aliphatic rings. The topological polar surface area (TPSA) is 57.8 Å². The summed E-state index contributed by atoms with van der Waals surface area (Å²) >= 11 is 0. The van der Waals surface area contributed by atoms with Crippen LogP contribution in [-0.4, -0.2) is 9.97 Å². The van der Waals surface area contributed by atoms with Crippen molar-refractivity contribution in [3.05, 3.63) is 75.8 Å². The Hall–Kier alpha value is -2.95. The molecule has 23 heavy (non-hydrogen) atoms. The van der Waals surface area contributed by atoms with E-state index in [1.165, 1.54) is 18.2 Å². The average molecular weight is 309 g/mol. The first-order chi connectivity index (χ1) is 11.0. The van der Waals surface area contributed by atoms with Gasteiger partial charge in [-0.1, -0.05) is 35.9 Å². The number of aryl methyl sites for hydroxylation is 2. The van der Waals surface area contributed by atoms with Gasteiger partial charge in [-0.05, 0) is 31.5 Å². The van der Waals surface area contributed by atoms with Crippen LogP contribution in [0, 0.1) is 19.7 Å². The maximum atomic E-state index is 13.4. The van der Waals surface area contributed by atoms with Crippen LogP contribution in [0.4, 0.5) is 16.0 Å². The fraction of sp³-hybridized carbons (Fsp3) is 0.111. The van der Waals surface area contributed by atoms with E-state index in [1.54, 1.807) is 6.07 Å². The summed E-state index contributed by atoms with van der Waals surface area (Å²) in [6, 6.07) is 13.6. The van der Waals surface area contributed by atoms with E-state index >= 15 is 0 Å². The molecule has 2 N–H and O–H groups in total. The number of anilines is 2. The molecule has 116 valence electrons. The van der Waals surface area contributed by atoms with Crippen LogP contribution in [0.3, 0.4) is 0 Å². The number of aromatic amines is 1. The molecule has 1 heterocycles. The van der Waals surface area contributed by atoms with E-state index in [1.807, 2.05) is 38.1 Å². The van der Waals surface area contributed by atoms with Gasteiger partial charge in [0.05, 0.1) is 5.69 Å². The van der Waals surface area contributed by atoms with Crippen molar-refractivity contribution in [3.8, 4) is 11.3 Å². The lowest BCUT2D eigenvalue weighted by Gasteiger charge is -2.10. The monoisotopic (exact) mass is 309 g/mol. The van der Waals surface area contributed by atoms with Gasteiger partial charge in [0, 0.05) is 17.3 Å². The van der Waals surface area contributed by atoms with Crippen LogP contribution in [0.15, 0.2) is 53.3 Å². The molecular formula is C18H16FN3O. The van der Waals surface area contributed by atoms with Crippen molar-refractivity contribution in [2.75, 3.05) is 5.32 Å². The molecule has 0 atom stereocenters. The summed E-state index contributed by atoms with van der Waals surface area (Å²) in [6.45, 7) is 3.85. The summed E-state index contributed by atoms with van der Waals surface area (Å²) in [7, 11) is 0. The number of nitrogens with one attached hydrogen (secondary N) is 2. The number of hydrogen-bond donors (Lipinski definition) is 2. The van der Waals surface area contributed by atoms with E-state index in [-0.39, 0.29) is 17.3 Å². The number of benzene rings is 2. The molecule has 0 fully saturated rings. The third kappa shape index (κ3) is 3.45. The van der Waals surface area contributed by atoms with Crippen LogP contribution in [0.2, 0.25) is 0 Å². The summed E-state index contributed by atoms with van der Waals surface area (Å²) in [4.78, 5) is 18.9. The molecule has 0 unspecified atom stereocenters. The first kappa shape index (κ1) is 15.0. The summed E-state index contributed by atoms with van der Waals surface area (Å²) < 4.78 is 13.4. The van der Waals surface area contributed by atoms with Crippen LogP contribution in [0.5, 0.6) is 0 Å². The molecule has 0 amide bonds. The number of hydrogen-bond acceptors (Lipinski definition) is 3. The Balaban J connectivity index is 1.99. The minimum atomic E-state index is -0.352. The molecule has 1 aromatic heterocycles. The van der Waals surface area contributed by atoms with Crippen molar-refractivity contribution in [1.82, 2.24) is 9.97 Å². The number of rotatable bonds is 3. The molecule has 0 spiro atoms. The molecule has 0 radical (unpaired) electrons. The standard InChI is InChI=1S/C18H16FN3O/c1-11-3-6-13(7-4-11)16-10-17(23)22-18(21-16)20-15-9-14(19)8-5-12(15)2/h3-10H,1-2H3,(H2,20,21,22,23). The van der Waals surface area contributed by atoms with Crippen molar-refractivity contribution >= 4 is 11.6 Å². The minimum Gasteiger partial charge on any atom is -0.325 e. The molecule has 0 bridgehead atoms. The number of halogens is 1. The normalized spacial score (nSPS) is 10.6. The van der Waals surface area contributed by atoms with Crippen LogP contribution in [-0.2, 0) is 0 Å². The first-order valence-corrected chi connectivity index (χ1v) is 7.23. The Morgan fingerprint density at radius 3 is 2.52 bits per heavy atom. The quantitative estimate of drug-likeness (QED) is 0.770. The second kappa shape index (κ2) is 6.04. The largest absolute Gasteiger partial charge is 0.325 e. The van der Waals surface area contributed by atoms with Gasteiger partial charge in [0.25, 0.3) is 5.56 Å². The summed E-state index contributed by atoms with van der Waals surface area (Å²) in [5.74, 6) is -0.0723. The van der Waals surface area contributed by atoms with Crippen molar-refractivity contribution < 1.29 is 4.39 Å². The van der Waals surface area contributed by atoms with E-state index in [0.29, 0.717) is 11.4 Å². The van der Waals surface area contributed by atoms with Crippen LogP contribution in [0.1, 0.15) is 11.1 Å². The smallest absolute Gasteiger partial charge is 0.252 e. The molecule has 0 saturated carbocycles. The molecule has 0 aliphatic carbocycles. The maximum Gasteiger partial charge on any atom is 0.252 e. The lowest BCUT2D eigenvalue weighted by molar-refractivity contribution is 0.628. The maximum absolute atomic E-state index is 13.4. The highest BCUT2D eigenvalue weighted by Gasteiger charge is 2.06. The Morgan fingerprint density at radius 2 is 1.78 bits per heavy atom. The zero-order valence-electron chi connectivity index (χ0n) is 12.9. The van der Waals surface area contributed by atoms with Crippen LogP contribution in [0.25, 0.3) is 11.3 Å². The first-order valence-electron chi connectivity index (χ1n) is 7.23. The van der Waals surface area contributed by atoms with Gasteiger partial charge in [-0.25, -0.2) is 9.37 Å². The molecule has 3 rings (SSSR count). The molecular weight excluding hydrogens is 293 g/mol. The van der Waals surface area contributed by atoms with Crippen molar-refractivity contribution in [2.24, 2.45) is 0 Å². The number of nitrogens with zero attached hydrogens (tertiary/aromatic N) is 1. The lowest BCUT2D eigenvalue weighted by Crippen LogP contribution is -2.11. The summed E-state index contributed by atoms with van der Waals surface area (Å²) in [6.07, 6.45) is 0. The van der Waals surface area contributed by atoms with Crippen LogP contribution < -0.4 is 10.9 Å². The lowest BCUT2D eigenvalue weighted by atomic mass is 10.1. The predicted molar refractivity (Wildman–Crippen MR) is 89.5 cm³/mol. The third-order valence-electron chi connectivity index (χ3n) is 3.54. The van der Waals surface area contributed by atoms with Crippen molar-refractivity contribution in [1.29, 1.82) is 0 Å². The van der Waals surface area contributed by atoms with Gasteiger partial charge in [0.1, 0.15) is 5.82 Å². The van der Waals surface area contributed by atoms with Gasteiger partial charge in [-0.3, -0.25) is 9.78 Å². The molecule has 5 heteroatoms. The number of aromatic nitrogens is 2. The van der Waals surface area contributed by atoms with Gasteiger partial charge < -0.3 is 5.32 Å². The van der Waals surface area contributed by atoms with Crippen LogP contribution >= 0.6 is 0 Å². The minimum absolute atomic E-state index is 0.271. The van der Waals surface area contributed by atoms with E-state index in [2.05, 4.69) is 15.3 Å². The Labute approximate surface area is 133 Å². The zero-order chi connectivity index (χ0) is 16.4. The van der Waals surface area contributed by atoms with E-state index in [9.17, 15) is 9.18 Å². The van der Waals surface area contributed by atoms with Gasteiger partial charge >= 0.3 is 0 Å². The average Bonchev–Trinajstić information content (AvgIpc) is 2.51. The van der Waals surface area contributed by atoms with Crippen molar-refractivity contribution in [3.63, 3.8) is 0 Å². The predicted octanol–water partition coefficient (Wildman–Crippen LogP) is 3.94. The van der Waals surface area contributed by atoms with E-state index in [0.717, 1.165) is 16.7 Å². The van der Waals surface area contributed by atoms with Gasteiger partial charge in [-0.2, -0.15) is 0 Å². The van der Waals surface area contributed by atoms with Gasteiger partial charge in [0.15, 0.2) is 0 Å². The fourth-order valence-corrected chi connectivity index (χ4v) is 2.25. The SMILES string of the molecule is Cc1ccc(-c2cc(=O)[nH]c(Nc3cc(F)ccc3C)n2)cc1. The second-order valence-corrected chi connectivity index (χ2v) is 5.43. The highest BCUT2D eigenvalue weighted by molar-refractivity contribution is 5.63. The molecule has 2 aromatic carbocycles. The molecule has 0 saturated heterocycles. The highest BCUT2D eigenvalue weighted by Crippen LogP contribution is 2.21. The third-order valence-corrected chi connectivity index (χ3v) is 3.54. The Kier molecular flexibility index (Phi) is 3.93. The van der Waals surface area contributed by atoms with Gasteiger partial charge in [-0.15, -0.1) is 0 Å². The molecule has 0 aliphatic heterocycles. The summed E-state index contributed by atoms with van der Waals surface area (Å²) in [5.41, 5.74) is 3.69. The van der Waals surface area contributed by atoms with Crippen molar-refractivity contribution in [2.45, 2.75) is 13.8 Å². The van der Waals surface area contributed by atoms with Gasteiger partial charge in [0.2, 0.25) is 5.95 Å². The fourth-order valence-electron chi connectivity index (χ4n) is 2.25. The zero-order valence-corrected chi connectivity index (χ0v) is 12.9. The Bertz CT molecular complexity index is 901. The summed E-state index contributed by atoms with van der Waals surface area (Å²) in [5, 5.41) is 2.97. The van der Waals surface area contributed by atoms with E-state index < -0.39 is 0 Å².